The summed E-state index contributed by atoms with van der Waals surface area (Å²) in [6, 6.07) is 9.40. The Morgan fingerprint density at radius 1 is 1.04 bits per heavy atom. The summed E-state index contributed by atoms with van der Waals surface area (Å²) in [7, 11) is 0. The monoisotopic (exact) mass is 312 g/mol. The molecule has 1 aromatic carbocycles. The highest BCUT2D eigenvalue weighted by Crippen LogP contribution is 2.33. The van der Waals surface area contributed by atoms with Crippen LogP contribution >= 0.6 is 0 Å². The molecule has 0 aromatic heterocycles. The normalized spacial score (nSPS) is 19.4. The first-order valence-corrected chi connectivity index (χ1v) is 10.0. The fraction of sp³-hybridized carbons (Fsp3) is 0.652. The van der Waals surface area contributed by atoms with Crippen molar-refractivity contribution in [3.63, 3.8) is 0 Å². The van der Waals surface area contributed by atoms with Crippen molar-refractivity contribution in [1.29, 1.82) is 0 Å². The number of unbranched alkanes of at least 4 members (excludes halogenated alkanes) is 3. The van der Waals surface area contributed by atoms with E-state index in [0.717, 1.165) is 11.8 Å². The summed E-state index contributed by atoms with van der Waals surface area (Å²) in [6.45, 7) is 6.92. The third kappa shape index (κ3) is 6.16. The van der Waals surface area contributed by atoms with Crippen LogP contribution in [0.5, 0.6) is 0 Å². The van der Waals surface area contributed by atoms with Gasteiger partial charge in [-0.15, -0.1) is 0 Å². The van der Waals surface area contributed by atoms with Crippen molar-refractivity contribution in [3.8, 4) is 0 Å². The number of rotatable bonds is 9. The molecule has 0 saturated carbocycles. The number of benzene rings is 1. The van der Waals surface area contributed by atoms with Gasteiger partial charge in [0.1, 0.15) is 0 Å². The molecule has 0 spiro atoms. The van der Waals surface area contributed by atoms with E-state index in [0.29, 0.717) is 0 Å². The molecule has 2 rings (SSSR count). The Hall–Kier alpha value is -1.04. The zero-order valence-corrected chi connectivity index (χ0v) is 15.6. The first-order valence-electron chi connectivity index (χ1n) is 10.0. The minimum atomic E-state index is 0.795. The molecule has 0 aliphatic heterocycles. The molecule has 0 bridgehead atoms. The molecule has 0 saturated heterocycles. The Balaban J connectivity index is 1.82. The lowest BCUT2D eigenvalue weighted by molar-refractivity contribution is 0.425. The maximum Gasteiger partial charge on any atom is -0.0228 e. The topological polar surface area (TPSA) is 0 Å². The van der Waals surface area contributed by atoms with Gasteiger partial charge in [0.25, 0.3) is 0 Å². The number of hydrogen-bond donors (Lipinski definition) is 0. The molecule has 0 heteroatoms. The first kappa shape index (κ1) is 18.3. The van der Waals surface area contributed by atoms with E-state index in [4.69, 9.17) is 0 Å². The van der Waals surface area contributed by atoms with E-state index < -0.39 is 0 Å². The number of hydrogen-bond acceptors (Lipinski definition) is 0. The van der Waals surface area contributed by atoms with Gasteiger partial charge in [-0.25, -0.2) is 0 Å². The van der Waals surface area contributed by atoms with Gasteiger partial charge in [0.15, 0.2) is 0 Å². The fourth-order valence-electron chi connectivity index (χ4n) is 3.67. The van der Waals surface area contributed by atoms with Crippen LogP contribution in [0.4, 0.5) is 0 Å². The van der Waals surface area contributed by atoms with E-state index in [1.54, 1.807) is 5.57 Å². The standard InChI is InChI=1S/C23H36/c1-4-6-7-8-9-20-10-14-22(15-11-20)23-16-12-21(13-17-23)18-19(3)5-2/h12-14,16-17,19-20H,4-11,15,18H2,1-3H3. The summed E-state index contributed by atoms with van der Waals surface area (Å²) in [5, 5.41) is 0. The Morgan fingerprint density at radius 3 is 2.43 bits per heavy atom. The van der Waals surface area contributed by atoms with E-state index in [1.165, 1.54) is 75.3 Å². The minimum Gasteiger partial charge on any atom is -0.0804 e. The SMILES string of the molecule is CCCCCCC1CC=C(c2ccc(CC(C)CC)cc2)CC1. The molecule has 0 heterocycles. The zero-order chi connectivity index (χ0) is 16.5. The van der Waals surface area contributed by atoms with Gasteiger partial charge in [0, 0.05) is 0 Å². The summed E-state index contributed by atoms with van der Waals surface area (Å²) >= 11 is 0. The maximum atomic E-state index is 2.53. The Kier molecular flexibility index (Phi) is 7.92. The second-order valence-electron chi connectivity index (χ2n) is 7.63. The molecule has 0 radical (unpaired) electrons. The summed E-state index contributed by atoms with van der Waals surface area (Å²) in [5.74, 6) is 1.74. The Morgan fingerprint density at radius 2 is 1.83 bits per heavy atom. The molecular weight excluding hydrogens is 276 g/mol. The highest BCUT2D eigenvalue weighted by Gasteiger charge is 2.15. The first-order chi connectivity index (χ1) is 11.2. The van der Waals surface area contributed by atoms with Crippen LogP contribution in [0.1, 0.15) is 89.7 Å². The minimum absolute atomic E-state index is 0.795. The molecule has 0 N–H and O–H groups in total. The molecular formula is C23H36. The van der Waals surface area contributed by atoms with Crippen LogP contribution in [0, 0.1) is 11.8 Å². The highest BCUT2D eigenvalue weighted by molar-refractivity contribution is 5.66. The van der Waals surface area contributed by atoms with Gasteiger partial charge in [0.05, 0.1) is 0 Å². The fourth-order valence-corrected chi connectivity index (χ4v) is 3.67. The summed E-state index contributed by atoms with van der Waals surface area (Å²) in [4.78, 5) is 0. The van der Waals surface area contributed by atoms with Crippen LogP contribution in [-0.2, 0) is 6.42 Å². The summed E-state index contributed by atoms with van der Waals surface area (Å²) < 4.78 is 0. The molecule has 2 atom stereocenters. The molecule has 128 valence electrons. The maximum absolute atomic E-state index is 2.53. The molecule has 1 aromatic rings. The second kappa shape index (κ2) is 9.96. The van der Waals surface area contributed by atoms with Crippen LogP contribution in [0.15, 0.2) is 30.3 Å². The summed E-state index contributed by atoms with van der Waals surface area (Å²) in [6.07, 6.45) is 16.1. The van der Waals surface area contributed by atoms with Crippen molar-refractivity contribution in [2.45, 2.75) is 85.0 Å². The van der Waals surface area contributed by atoms with E-state index in [1.807, 2.05) is 0 Å². The zero-order valence-electron chi connectivity index (χ0n) is 15.6. The van der Waals surface area contributed by atoms with E-state index in [9.17, 15) is 0 Å². The van der Waals surface area contributed by atoms with Gasteiger partial charge in [-0.05, 0) is 54.2 Å². The van der Waals surface area contributed by atoms with Gasteiger partial charge in [0.2, 0.25) is 0 Å². The lowest BCUT2D eigenvalue weighted by Crippen LogP contribution is -2.05. The van der Waals surface area contributed by atoms with Crippen molar-refractivity contribution in [2.75, 3.05) is 0 Å². The molecule has 0 amide bonds. The molecule has 0 fully saturated rings. The van der Waals surface area contributed by atoms with Crippen LogP contribution < -0.4 is 0 Å². The van der Waals surface area contributed by atoms with Crippen LogP contribution in [0.3, 0.4) is 0 Å². The van der Waals surface area contributed by atoms with Gasteiger partial charge in [-0.2, -0.15) is 0 Å². The lowest BCUT2D eigenvalue weighted by atomic mass is 9.83. The van der Waals surface area contributed by atoms with E-state index >= 15 is 0 Å². The van der Waals surface area contributed by atoms with E-state index in [-0.39, 0.29) is 0 Å². The van der Waals surface area contributed by atoms with Gasteiger partial charge >= 0.3 is 0 Å². The van der Waals surface area contributed by atoms with Crippen LogP contribution in [0.2, 0.25) is 0 Å². The van der Waals surface area contributed by atoms with Crippen LogP contribution in [0.25, 0.3) is 5.57 Å². The lowest BCUT2D eigenvalue weighted by Gasteiger charge is -2.22. The molecule has 1 aliphatic carbocycles. The molecule has 1 aliphatic rings. The van der Waals surface area contributed by atoms with Gasteiger partial charge in [-0.1, -0.05) is 89.6 Å². The highest BCUT2D eigenvalue weighted by atomic mass is 14.2. The predicted octanol–water partition coefficient (Wildman–Crippen LogP) is 7.43. The number of allylic oxidation sites excluding steroid dienone is 2. The van der Waals surface area contributed by atoms with Crippen molar-refractivity contribution >= 4 is 5.57 Å². The van der Waals surface area contributed by atoms with Crippen molar-refractivity contribution in [3.05, 3.63) is 41.5 Å². The van der Waals surface area contributed by atoms with Crippen LogP contribution in [-0.4, -0.2) is 0 Å². The third-order valence-corrected chi connectivity index (χ3v) is 5.59. The molecule has 0 nitrogen and oxygen atoms in total. The quantitative estimate of drug-likeness (QED) is 0.416. The third-order valence-electron chi connectivity index (χ3n) is 5.59. The van der Waals surface area contributed by atoms with Crippen molar-refractivity contribution < 1.29 is 0 Å². The Labute approximate surface area is 144 Å². The van der Waals surface area contributed by atoms with Crippen molar-refractivity contribution in [2.24, 2.45) is 11.8 Å². The molecule has 23 heavy (non-hydrogen) atoms. The smallest absolute Gasteiger partial charge is 0.0228 e. The van der Waals surface area contributed by atoms with Gasteiger partial charge < -0.3 is 0 Å². The average molecular weight is 313 g/mol. The largest absolute Gasteiger partial charge is 0.0804 e. The summed E-state index contributed by atoms with van der Waals surface area (Å²) in [5.41, 5.74) is 4.54. The van der Waals surface area contributed by atoms with Crippen molar-refractivity contribution in [1.82, 2.24) is 0 Å². The average Bonchev–Trinajstić information content (AvgIpc) is 2.60. The van der Waals surface area contributed by atoms with E-state index in [2.05, 4.69) is 51.1 Å². The predicted molar refractivity (Wildman–Crippen MR) is 104 cm³/mol. The second-order valence-corrected chi connectivity index (χ2v) is 7.63. The Bertz CT molecular complexity index is 465. The molecule has 2 unspecified atom stereocenters. The van der Waals surface area contributed by atoms with Gasteiger partial charge in [-0.3, -0.25) is 0 Å².